The van der Waals surface area contributed by atoms with Crippen LogP contribution in [0, 0.1) is 0 Å². The molecule has 0 radical (unpaired) electrons. The molecule has 0 unspecified atom stereocenters. The monoisotopic (exact) mass is 335 g/mol. The first-order valence-corrected chi connectivity index (χ1v) is 10.5. The van der Waals surface area contributed by atoms with Crippen molar-refractivity contribution in [2.45, 2.75) is 31.7 Å². The van der Waals surface area contributed by atoms with Gasteiger partial charge in [-0.3, -0.25) is 0 Å². The molecule has 1 N–H and O–H groups in total. The average Bonchev–Trinajstić information content (AvgIpc) is 2.95. The van der Waals surface area contributed by atoms with Crippen molar-refractivity contribution in [2.75, 3.05) is 17.3 Å². The lowest BCUT2D eigenvalue weighted by Gasteiger charge is -2.24. The van der Waals surface area contributed by atoms with Gasteiger partial charge in [0, 0.05) is 16.8 Å². The van der Waals surface area contributed by atoms with Crippen LogP contribution in [-0.2, 0) is 22.7 Å². The molecule has 118 valence electrons. The summed E-state index contributed by atoms with van der Waals surface area (Å²) in [7, 11) is -2.90. The summed E-state index contributed by atoms with van der Waals surface area (Å²) in [5, 5.41) is 5.79. The second-order valence-corrected chi connectivity index (χ2v) is 9.23. The van der Waals surface area contributed by atoms with Crippen LogP contribution < -0.4 is 5.32 Å². The van der Waals surface area contributed by atoms with Crippen LogP contribution in [-0.4, -0.2) is 20.4 Å². The molecule has 0 saturated carbocycles. The largest absolute Gasteiger partial charge is 0.378 e. The molecule has 0 spiro atoms. The molecule has 1 aromatic heterocycles. The maximum absolute atomic E-state index is 11.2. The quantitative estimate of drug-likeness (QED) is 0.903. The van der Waals surface area contributed by atoms with Crippen molar-refractivity contribution in [3.8, 4) is 0 Å². The minimum Gasteiger partial charge on any atom is -0.378 e. The van der Waals surface area contributed by atoms with E-state index in [0.29, 0.717) is 12.5 Å². The van der Waals surface area contributed by atoms with Gasteiger partial charge in [-0.1, -0.05) is 12.1 Å². The standard InChI is InChI=1S/C17H21NO2S2/c1-22(19,20)12-10-13-5-7-14(8-6-13)18-16-3-2-4-17-15(16)9-11-21-17/h5-9,11,16,18H,2-4,10,12H2,1H3/t16-/m1/s1. The lowest BCUT2D eigenvalue weighted by molar-refractivity contribution is 0.601. The van der Waals surface area contributed by atoms with Crippen molar-refractivity contribution in [2.24, 2.45) is 0 Å². The van der Waals surface area contributed by atoms with Crippen LogP contribution in [0.5, 0.6) is 0 Å². The fourth-order valence-electron chi connectivity index (χ4n) is 2.91. The van der Waals surface area contributed by atoms with E-state index in [0.717, 1.165) is 11.3 Å². The van der Waals surface area contributed by atoms with Crippen LogP contribution in [0.1, 0.15) is 34.9 Å². The van der Waals surface area contributed by atoms with Gasteiger partial charge in [0.2, 0.25) is 0 Å². The predicted octanol–water partition coefficient (Wildman–Crippen LogP) is 3.82. The van der Waals surface area contributed by atoms with E-state index >= 15 is 0 Å². The summed E-state index contributed by atoms with van der Waals surface area (Å²) in [5.74, 6) is 0.209. The lowest BCUT2D eigenvalue weighted by atomic mass is 9.94. The number of aryl methyl sites for hydroxylation is 2. The first-order chi connectivity index (χ1) is 10.5. The highest BCUT2D eigenvalue weighted by molar-refractivity contribution is 7.90. The van der Waals surface area contributed by atoms with Gasteiger partial charge in [-0.2, -0.15) is 0 Å². The van der Waals surface area contributed by atoms with E-state index in [1.165, 1.54) is 36.0 Å². The molecular formula is C17H21NO2S2. The van der Waals surface area contributed by atoms with Crippen molar-refractivity contribution in [3.05, 3.63) is 51.7 Å². The highest BCUT2D eigenvalue weighted by Gasteiger charge is 2.20. The number of rotatable bonds is 5. The topological polar surface area (TPSA) is 46.2 Å². The molecule has 0 amide bonds. The number of hydrogen-bond donors (Lipinski definition) is 1. The number of hydrogen-bond acceptors (Lipinski definition) is 4. The fourth-order valence-corrected chi connectivity index (χ4v) is 4.50. The van der Waals surface area contributed by atoms with Crippen molar-refractivity contribution < 1.29 is 8.42 Å². The van der Waals surface area contributed by atoms with Gasteiger partial charge in [-0.05, 0) is 60.4 Å². The summed E-state index contributed by atoms with van der Waals surface area (Å²) in [5.41, 5.74) is 3.61. The van der Waals surface area contributed by atoms with Gasteiger partial charge < -0.3 is 5.32 Å². The molecule has 3 rings (SSSR count). The Labute approximate surface area is 136 Å². The lowest BCUT2D eigenvalue weighted by Crippen LogP contribution is -2.15. The Hall–Kier alpha value is -1.33. The average molecular weight is 335 g/mol. The predicted molar refractivity (Wildman–Crippen MR) is 93.5 cm³/mol. The zero-order chi connectivity index (χ0) is 15.6. The van der Waals surface area contributed by atoms with Gasteiger partial charge in [0.05, 0.1) is 11.8 Å². The molecule has 1 aliphatic carbocycles. The van der Waals surface area contributed by atoms with E-state index in [1.807, 2.05) is 23.5 Å². The first-order valence-electron chi connectivity index (χ1n) is 7.61. The third kappa shape index (κ3) is 3.90. The normalized spacial score (nSPS) is 18.0. The van der Waals surface area contributed by atoms with Gasteiger partial charge in [-0.15, -0.1) is 11.3 Å². The molecule has 22 heavy (non-hydrogen) atoms. The maximum atomic E-state index is 11.2. The second kappa shape index (κ2) is 6.42. The second-order valence-electron chi connectivity index (χ2n) is 5.97. The van der Waals surface area contributed by atoms with Gasteiger partial charge in [0.15, 0.2) is 0 Å². The molecule has 0 fully saturated rings. The van der Waals surface area contributed by atoms with Gasteiger partial charge >= 0.3 is 0 Å². The fraction of sp³-hybridized carbons (Fsp3) is 0.412. The summed E-state index contributed by atoms with van der Waals surface area (Å²) < 4.78 is 22.4. The minimum absolute atomic E-state index is 0.209. The van der Waals surface area contributed by atoms with Crippen LogP contribution >= 0.6 is 11.3 Å². The number of fused-ring (bicyclic) bond motifs is 1. The minimum atomic E-state index is -2.90. The van der Waals surface area contributed by atoms with E-state index in [-0.39, 0.29) is 5.75 Å². The molecule has 0 saturated heterocycles. The Morgan fingerprint density at radius 2 is 2.00 bits per heavy atom. The Kier molecular flexibility index (Phi) is 4.54. The molecule has 1 aliphatic rings. The SMILES string of the molecule is CS(=O)(=O)CCc1ccc(N[C@@H]2CCCc3sccc32)cc1. The van der Waals surface area contributed by atoms with Crippen molar-refractivity contribution >= 4 is 26.9 Å². The van der Waals surface area contributed by atoms with Crippen LogP contribution in [0.2, 0.25) is 0 Å². The van der Waals surface area contributed by atoms with Crippen molar-refractivity contribution in [3.63, 3.8) is 0 Å². The number of nitrogens with one attached hydrogen (secondary N) is 1. The van der Waals surface area contributed by atoms with Gasteiger partial charge in [-0.25, -0.2) is 8.42 Å². The van der Waals surface area contributed by atoms with E-state index in [4.69, 9.17) is 0 Å². The molecule has 1 atom stereocenters. The first kappa shape index (κ1) is 15.6. The van der Waals surface area contributed by atoms with Crippen LogP contribution in [0.15, 0.2) is 35.7 Å². The van der Waals surface area contributed by atoms with E-state index < -0.39 is 9.84 Å². The maximum Gasteiger partial charge on any atom is 0.147 e. The van der Waals surface area contributed by atoms with E-state index in [1.54, 1.807) is 0 Å². The van der Waals surface area contributed by atoms with Gasteiger partial charge in [0.25, 0.3) is 0 Å². The number of anilines is 1. The highest BCUT2D eigenvalue weighted by atomic mass is 32.2. The van der Waals surface area contributed by atoms with E-state index in [9.17, 15) is 8.42 Å². The molecule has 0 bridgehead atoms. The molecule has 3 nitrogen and oxygen atoms in total. The number of thiophene rings is 1. The number of benzene rings is 1. The van der Waals surface area contributed by atoms with Crippen LogP contribution in [0.25, 0.3) is 0 Å². The summed E-state index contributed by atoms with van der Waals surface area (Å²) in [6, 6.07) is 10.8. The van der Waals surface area contributed by atoms with E-state index in [2.05, 4.69) is 28.9 Å². The molecule has 5 heteroatoms. The van der Waals surface area contributed by atoms with Gasteiger partial charge in [0.1, 0.15) is 9.84 Å². The smallest absolute Gasteiger partial charge is 0.147 e. The molecular weight excluding hydrogens is 314 g/mol. The zero-order valence-electron chi connectivity index (χ0n) is 12.7. The molecule has 0 aliphatic heterocycles. The molecule has 2 aromatic rings. The zero-order valence-corrected chi connectivity index (χ0v) is 14.3. The third-order valence-corrected chi connectivity index (χ3v) is 6.05. The third-order valence-electron chi connectivity index (χ3n) is 4.11. The molecule has 1 heterocycles. The van der Waals surface area contributed by atoms with Crippen LogP contribution in [0.3, 0.4) is 0 Å². The van der Waals surface area contributed by atoms with Crippen molar-refractivity contribution in [1.82, 2.24) is 0 Å². The summed E-state index contributed by atoms with van der Waals surface area (Å²) >= 11 is 1.85. The Bertz CT molecular complexity index is 732. The summed E-state index contributed by atoms with van der Waals surface area (Å²) in [6.07, 6.45) is 5.47. The number of sulfone groups is 1. The Balaban J connectivity index is 1.65. The summed E-state index contributed by atoms with van der Waals surface area (Å²) in [4.78, 5) is 1.51. The Morgan fingerprint density at radius 1 is 1.23 bits per heavy atom. The van der Waals surface area contributed by atoms with Crippen LogP contribution in [0.4, 0.5) is 5.69 Å². The highest BCUT2D eigenvalue weighted by Crippen LogP contribution is 2.35. The Morgan fingerprint density at radius 3 is 2.73 bits per heavy atom. The van der Waals surface area contributed by atoms with Crippen molar-refractivity contribution in [1.29, 1.82) is 0 Å². The summed E-state index contributed by atoms with van der Waals surface area (Å²) in [6.45, 7) is 0. The molecule has 1 aromatic carbocycles.